The molecule has 0 saturated carbocycles. The maximum Gasteiger partial charge on any atom is 0.137 e. The lowest BCUT2D eigenvalue weighted by atomic mass is 9.82. The quantitative estimate of drug-likeness (QED) is 0.173. The molecule has 2 aliphatic rings. The van der Waals surface area contributed by atoms with Crippen LogP contribution in [-0.2, 0) is 10.8 Å². The number of fused-ring (bicyclic) bond motifs is 12. The Labute approximate surface area is 367 Å². The Morgan fingerprint density at radius 2 is 0.952 bits per heavy atom. The van der Waals surface area contributed by atoms with Gasteiger partial charge in [-0.1, -0.05) is 143 Å². The first-order chi connectivity index (χ1) is 30.8. The molecule has 0 atom stereocenters. The van der Waals surface area contributed by atoms with Gasteiger partial charge >= 0.3 is 0 Å². The zero-order valence-electron chi connectivity index (χ0n) is 35.8. The normalized spacial score (nSPS) is 14.3. The molecule has 2 aliphatic carbocycles. The van der Waals surface area contributed by atoms with Gasteiger partial charge in [0, 0.05) is 44.1 Å². The van der Waals surface area contributed by atoms with Gasteiger partial charge in [-0.15, -0.1) is 0 Å². The van der Waals surface area contributed by atoms with Crippen molar-refractivity contribution in [1.29, 1.82) is 0 Å². The molecule has 0 radical (unpaired) electrons. The van der Waals surface area contributed by atoms with Crippen molar-refractivity contribution >= 4 is 60.8 Å². The second-order valence-corrected chi connectivity index (χ2v) is 18.5. The van der Waals surface area contributed by atoms with Crippen LogP contribution in [0, 0.1) is 0 Å². The van der Waals surface area contributed by atoms with Crippen LogP contribution in [0.1, 0.15) is 49.9 Å². The number of rotatable bonds is 5. The van der Waals surface area contributed by atoms with Crippen molar-refractivity contribution in [1.82, 2.24) is 4.57 Å². The Kier molecular flexibility index (Phi) is 7.42. The summed E-state index contributed by atoms with van der Waals surface area (Å²) in [6.45, 7) is 9.46. The molecule has 0 amide bonds. The zero-order valence-corrected chi connectivity index (χ0v) is 35.8. The summed E-state index contributed by atoms with van der Waals surface area (Å²) in [6, 6.07) is 71.5. The number of aromatic nitrogens is 1. The minimum Gasteiger partial charge on any atom is -0.456 e. The van der Waals surface area contributed by atoms with Crippen LogP contribution in [0.15, 0.2) is 199 Å². The predicted molar refractivity (Wildman–Crippen MR) is 263 cm³/mol. The minimum atomic E-state index is -0.146. The molecule has 300 valence electrons. The van der Waals surface area contributed by atoms with Gasteiger partial charge in [-0.25, -0.2) is 0 Å². The third-order valence-corrected chi connectivity index (χ3v) is 14.4. The van der Waals surface area contributed by atoms with E-state index in [-0.39, 0.29) is 10.8 Å². The Morgan fingerprint density at radius 1 is 0.397 bits per heavy atom. The minimum absolute atomic E-state index is 0.146. The summed E-state index contributed by atoms with van der Waals surface area (Å²) < 4.78 is 9.13. The molecule has 13 rings (SSSR count). The molecule has 0 aliphatic heterocycles. The van der Waals surface area contributed by atoms with Crippen LogP contribution in [0.5, 0.6) is 0 Å². The lowest BCUT2D eigenvalue weighted by Gasteiger charge is -2.30. The van der Waals surface area contributed by atoms with E-state index in [9.17, 15) is 0 Å². The van der Waals surface area contributed by atoms with Gasteiger partial charge in [0.15, 0.2) is 0 Å². The maximum absolute atomic E-state index is 6.75. The summed E-state index contributed by atoms with van der Waals surface area (Å²) in [5.74, 6) is 0. The molecular weight excluding hydrogens is 765 g/mol. The van der Waals surface area contributed by atoms with Gasteiger partial charge in [-0.05, 0) is 134 Å². The van der Waals surface area contributed by atoms with E-state index in [1.807, 2.05) is 0 Å². The number of furan rings is 1. The zero-order chi connectivity index (χ0) is 42.2. The van der Waals surface area contributed by atoms with Gasteiger partial charge in [0.2, 0.25) is 0 Å². The van der Waals surface area contributed by atoms with Crippen LogP contribution in [0.4, 0.5) is 17.1 Å². The summed E-state index contributed by atoms with van der Waals surface area (Å²) in [5.41, 5.74) is 21.4. The van der Waals surface area contributed by atoms with Crippen molar-refractivity contribution < 1.29 is 4.42 Å². The topological polar surface area (TPSA) is 21.3 Å². The first kappa shape index (κ1) is 36.1. The molecule has 2 heterocycles. The molecule has 11 aromatic rings. The van der Waals surface area contributed by atoms with Gasteiger partial charge in [0.05, 0.1) is 22.1 Å². The first-order valence-corrected chi connectivity index (χ1v) is 22.1. The van der Waals surface area contributed by atoms with E-state index in [0.717, 1.165) is 50.3 Å². The maximum atomic E-state index is 6.75. The average molecular weight is 809 g/mol. The highest BCUT2D eigenvalue weighted by Crippen LogP contribution is 2.54. The molecule has 0 N–H and O–H groups in total. The molecule has 9 aromatic carbocycles. The summed E-state index contributed by atoms with van der Waals surface area (Å²) in [4.78, 5) is 2.48. The molecular formula is C60H44N2O. The van der Waals surface area contributed by atoms with E-state index in [2.05, 4.69) is 231 Å². The predicted octanol–water partition coefficient (Wildman–Crippen LogP) is 16.4. The van der Waals surface area contributed by atoms with Crippen molar-refractivity contribution in [3.8, 4) is 39.1 Å². The second kappa shape index (κ2) is 13.0. The number of hydrogen-bond acceptors (Lipinski definition) is 2. The number of hydrogen-bond donors (Lipinski definition) is 0. The Bertz CT molecular complexity index is 3590. The van der Waals surface area contributed by atoms with E-state index in [0.29, 0.717) is 0 Å². The number of anilines is 3. The highest BCUT2D eigenvalue weighted by molar-refractivity contribution is 6.15. The van der Waals surface area contributed by atoms with Crippen LogP contribution in [0.25, 0.3) is 82.8 Å². The first-order valence-electron chi connectivity index (χ1n) is 22.1. The fraction of sp³-hybridized carbons (Fsp3) is 0.100. The standard InChI is InChI=1S/C60H44N2O/c1-59(2)49-20-11-8-17-42(49)44-29-27-40(35-51(44)59)61(41-28-30-45-43-18-9-12-21-50(43)60(3,4)52(45)36-41)55-23-14-24-57-58(55)48-34-38(26-32-56(48)63-57)37-25-31-54-47(33-37)46-19-10-13-22-53(46)62(54)39-15-6-5-7-16-39/h5-36H,1-4H3. The lowest BCUT2D eigenvalue weighted by molar-refractivity contribution is 0.660. The van der Waals surface area contributed by atoms with E-state index >= 15 is 0 Å². The average Bonchev–Trinajstić information content (AvgIpc) is 4.00. The molecule has 0 unspecified atom stereocenters. The van der Waals surface area contributed by atoms with Crippen molar-refractivity contribution in [2.24, 2.45) is 0 Å². The summed E-state index contributed by atoms with van der Waals surface area (Å²) in [7, 11) is 0. The number of nitrogens with zero attached hydrogens (tertiary/aromatic N) is 2. The van der Waals surface area contributed by atoms with E-state index in [4.69, 9.17) is 4.42 Å². The van der Waals surface area contributed by atoms with Crippen LogP contribution >= 0.6 is 0 Å². The summed E-state index contributed by atoms with van der Waals surface area (Å²) in [6.07, 6.45) is 0. The molecule has 0 bridgehead atoms. The van der Waals surface area contributed by atoms with E-state index in [1.165, 1.54) is 71.9 Å². The van der Waals surface area contributed by atoms with Crippen LogP contribution in [0.2, 0.25) is 0 Å². The molecule has 3 heteroatoms. The Hall–Kier alpha value is -7.62. The SMILES string of the molecule is CC1(C)c2ccccc2-c2ccc(N(c3ccc4c(c3)C(C)(C)c3ccccc3-4)c3cccc4oc5ccc(-c6ccc7c(c6)c6ccccc6n7-c6ccccc6)cc5c34)cc21. The van der Waals surface area contributed by atoms with Gasteiger partial charge < -0.3 is 13.9 Å². The third-order valence-electron chi connectivity index (χ3n) is 14.4. The summed E-state index contributed by atoms with van der Waals surface area (Å²) in [5, 5.41) is 4.67. The Morgan fingerprint density at radius 3 is 1.63 bits per heavy atom. The fourth-order valence-corrected chi connectivity index (χ4v) is 11.3. The molecule has 2 aromatic heterocycles. The highest BCUT2D eigenvalue weighted by atomic mass is 16.3. The monoisotopic (exact) mass is 808 g/mol. The van der Waals surface area contributed by atoms with E-state index < -0.39 is 0 Å². The number of para-hydroxylation sites is 2. The van der Waals surface area contributed by atoms with Crippen molar-refractivity contribution in [2.45, 2.75) is 38.5 Å². The molecule has 0 saturated heterocycles. The largest absolute Gasteiger partial charge is 0.456 e. The van der Waals surface area contributed by atoms with Crippen molar-refractivity contribution in [2.75, 3.05) is 4.90 Å². The second-order valence-electron chi connectivity index (χ2n) is 18.5. The Balaban J connectivity index is 1.02. The van der Waals surface area contributed by atoms with Gasteiger partial charge in [0.25, 0.3) is 0 Å². The van der Waals surface area contributed by atoms with E-state index in [1.54, 1.807) is 0 Å². The van der Waals surface area contributed by atoms with Crippen LogP contribution < -0.4 is 4.90 Å². The highest BCUT2D eigenvalue weighted by Gasteiger charge is 2.38. The fourth-order valence-electron chi connectivity index (χ4n) is 11.3. The lowest BCUT2D eigenvalue weighted by Crippen LogP contribution is -2.18. The van der Waals surface area contributed by atoms with Crippen LogP contribution in [-0.4, -0.2) is 4.57 Å². The summed E-state index contributed by atoms with van der Waals surface area (Å²) >= 11 is 0. The van der Waals surface area contributed by atoms with Gasteiger partial charge in [-0.2, -0.15) is 0 Å². The van der Waals surface area contributed by atoms with Crippen molar-refractivity contribution in [3.05, 3.63) is 216 Å². The van der Waals surface area contributed by atoms with Gasteiger partial charge in [0.1, 0.15) is 11.2 Å². The molecule has 0 spiro atoms. The smallest absolute Gasteiger partial charge is 0.137 e. The third kappa shape index (κ3) is 5.08. The molecule has 3 nitrogen and oxygen atoms in total. The van der Waals surface area contributed by atoms with Crippen molar-refractivity contribution in [3.63, 3.8) is 0 Å². The molecule has 63 heavy (non-hydrogen) atoms. The van der Waals surface area contributed by atoms with Crippen LogP contribution in [0.3, 0.4) is 0 Å². The molecule has 0 fully saturated rings. The number of benzene rings is 9. The van der Waals surface area contributed by atoms with Gasteiger partial charge in [-0.3, -0.25) is 0 Å².